The van der Waals surface area contributed by atoms with Crippen LogP contribution in [0.2, 0.25) is 0 Å². The molecule has 8 heteroatoms. The predicted octanol–water partition coefficient (Wildman–Crippen LogP) is 2.15. The van der Waals surface area contributed by atoms with E-state index in [4.69, 9.17) is 0 Å². The van der Waals surface area contributed by atoms with E-state index in [9.17, 15) is 9.59 Å². The van der Waals surface area contributed by atoms with E-state index in [1.165, 1.54) is 22.7 Å². The van der Waals surface area contributed by atoms with Crippen molar-refractivity contribution in [1.82, 2.24) is 20.6 Å². The molecule has 1 aliphatic carbocycles. The van der Waals surface area contributed by atoms with Gasteiger partial charge in [0.1, 0.15) is 9.75 Å². The number of carbonyl (C=O) groups is 2. The first-order valence-corrected chi connectivity index (χ1v) is 9.10. The molecule has 0 spiro atoms. The van der Waals surface area contributed by atoms with Crippen molar-refractivity contribution in [3.05, 3.63) is 32.2 Å². The molecule has 0 aromatic carbocycles. The molecule has 0 bridgehead atoms. The summed E-state index contributed by atoms with van der Waals surface area (Å²) in [5.74, 6) is 0.191. The number of rotatable bonds is 6. The quantitative estimate of drug-likeness (QED) is 0.836. The zero-order valence-electron chi connectivity index (χ0n) is 13.0. The second-order valence-corrected chi connectivity index (χ2v) is 8.08. The highest BCUT2D eigenvalue weighted by molar-refractivity contribution is 7.13. The smallest absolute Gasteiger partial charge is 0.263 e. The normalized spacial score (nSPS) is 15.2. The highest BCUT2D eigenvalue weighted by atomic mass is 32.1. The van der Waals surface area contributed by atoms with E-state index in [2.05, 4.69) is 20.6 Å². The van der Waals surface area contributed by atoms with E-state index in [0.717, 1.165) is 22.9 Å². The van der Waals surface area contributed by atoms with E-state index >= 15 is 0 Å². The van der Waals surface area contributed by atoms with Gasteiger partial charge in [-0.1, -0.05) is 0 Å². The summed E-state index contributed by atoms with van der Waals surface area (Å²) in [6, 6.07) is -0.0390. The van der Waals surface area contributed by atoms with E-state index in [1.54, 1.807) is 12.4 Å². The lowest BCUT2D eigenvalue weighted by atomic mass is 10.2. The van der Waals surface area contributed by atoms with Crippen molar-refractivity contribution in [3.63, 3.8) is 0 Å². The van der Waals surface area contributed by atoms with Gasteiger partial charge >= 0.3 is 0 Å². The first-order valence-electron chi connectivity index (χ1n) is 7.47. The SMILES string of the molecule is Cc1ncc(C(=O)NC[C@@H](NC(=O)c2cnc(C)s2)C2CC2)s1. The number of aromatic nitrogens is 2. The number of carbonyl (C=O) groups excluding carboxylic acids is 2. The molecule has 2 aromatic rings. The summed E-state index contributed by atoms with van der Waals surface area (Å²) < 4.78 is 0. The molecule has 2 heterocycles. The van der Waals surface area contributed by atoms with Gasteiger partial charge in [0.05, 0.1) is 22.4 Å². The summed E-state index contributed by atoms with van der Waals surface area (Å²) in [4.78, 5) is 33.8. The fourth-order valence-electron chi connectivity index (χ4n) is 2.30. The summed E-state index contributed by atoms with van der Waals surface area (Å²) in [7, 11) is 0. The maximum atomic E-state index is 12.3. The molecule has 23 heavy (non-hydrogen) atoms. The van der Waals surface area contributed by atoms with Crippen LogP contribution in [0.15, 0.2) is 12.4 Å². The third kappa shape index (κ3) is 4.14. The first kappa shape index (κ1) is 16.1. The highest BCUT2D eigenvalue weighted by Crippen LogP contribution is 2.32. The van der Waals surface area contributed by atoms with Crippen LogP contribution in [0.4, 0.5) is 0 Å². The van der Waals surface area contributed by atoms with Crippen LogP contribution in [0.1, 0.15) is 42.2 Å². The van der Waals surface area contributed by atoms with Crippen LogP contribution in [-0.2, 0) is 0 Å². The van der Waals surface area contributed by atoms with E-state index < -0.39 is 0 Å². The molecular formula is C15H18N4O2S2. The molecule has 2 amide bonds. The average molecular weight is 350 g/mol. The van der Waals surface area contributed by atoms with Gasteiger partial charge < -0.3 is 10.6 Å². The van der Waals surface area contributed by atoms with Gasteiger partial charge in [-0.2, -0.15) is 0 Å². The van der Waals surface area contributed by atoms with Crippen LogP contribution >= 0.6 is 22.7 Å². The molecule has 2 N–H and O–H groups in total. The third-order valence-corrected chi connectivity index (χ3v) is 5.50. The van der Waals surface area contributed by atoms with Gasteiger partial charge in [-0.05, 0) is 32.6 Å². The van der Waals surface area contributed by atoms with Gasteiger partial charge in [0.2, 0.25) is 0 Å². The Bertz CT molecular complexity index is 721. The zero-order chi connectivity index (χ0) is 16.4. The molecule has 3 rings (SSSR count). The van der Waals surface area contributed by atoms with Crippen LogP contribution in [0, 0.1) is 19.8 Å². The predicted molar refractivity (Wildman–Crippen MR) is 90.0 cm³/mol. The standard InChI is InChI=1S/C15H18N4O2S2/c1-8-16-6-12(22-8)14(20)18-5-11(10-3-4-10)19-15(21)13-7-17-9(2)23-13/h6-7,10-11H,3-5H2,1-2H3,(H,18,20)(H,19,21)/t11-/m1/s1. The van der Waals surface area contributed by atoms with Crippen molar-refractivity contribution in [2.75, 3.05) is 6.54 Å². The highest BCUT2D eigenvalue weighted by Gasteiger charge is 2.33. The van der Waals surface area contributed by atoms with Crippen molar-refractivity contribution in [2.45, 2.75) is 32.7 Å². The Labute approximate surface area is 142 Å². The molecule has 1 fully saturated rings. The van der Waals surface area contributed by atoms with Gasteiger partial charge in [-0.3, -0.25) is 9.59 Å². The summed E-state index contributed by atoms with van der Waals surface area (Å²) >= 11 is 2.74. The average Bonchev–Trinajstić information content (AvgIpc) is 3.13. The number of hydrogen-bond donors (Lipinski definition) is 2. The summed E-state index contributed by atoms with van der Waals surface area (Å²) in [5.41, 5.74) is 0. The van der Waals surface area contributed by atoms with Crippen LogP contribution in [-0.4, -0.2) is 34.4 Å². The first-order chi connectivity index (χ1) is 11.0. The Balaban J connectivity index is 1.57. The molecule has 0 unspecified atom stereocenters. The van der Waals surface area contributed by atoms with Crippen LogP contribution in [0.3, 0.4) is 0 Å². The van der Waals surface area contributed by atoms with Gasteiger partial charge in [-0.15, -0.1) is 22.7 Å². The molecule has 0 radical (unpaired) electrons. The Morgan fingerprint density at radius 2 is 1.70 bits per heavy atom. The van der Waals surface area contributed by atoms with Gasteiger partial charge in [-0.25, -0.2) is 9.97 Å². The van der Waals surface area contributed by atoms with Gasteiger partial charge in [0.15, 0.2) is 0 Å². The third-order valence-electron chi connectivity index (χ3n) is 3.68. The topological polar surface area (TPSA) is 84.0 Å². The number of nitrogens with one attached hydrogen (secondary N) is 2. The molecule has 122 valence electrons. The van der Waals surface area contributed by atoms with Crippen molar-refractivity contribution in [1.29, 1.82) is 0 Å². The van der Waals surface area contributed by atoms with Crippen LogP contribution in [0.5, 0.6) is 0 Å². The number of nitrogens with zero attached hydrogens (tertiary/aromatic N) is 2. The van der Waals surface area contributed by atoms with Crippen molar-refractivity contribution >= 4 is 34.5 Å². The fraction of sp³-hybridized carbons (Fsp3) is 0.467. The lowest BCUT2D eigenvalue weighted by Gasteiger charge is -2.18. The fourth-order valence-corrected chi connectivity index (χ4v) is 3.67. The largest absolute Gasteiger partial charge is 0.349 e. The molecule has 1 atom stereocenters. The van der Waals surface area contributed by atoms with E-state index in [1.807, 2.05) is 13.8 Å². The minimum Gasteiger partial charge on any atom is -0.349 e. The second kappa shape index (κ2) is 6.76. The summed E-state index contributed by atoms with van der Waals surface area (Å²) in [6.45, 7) is 4.17. The minimum absolute atomic E-state index is 0.0390. The van der Waals surface area contributed by atoms with E-state index in [-0.39, 0.29) is 17.9 Å². The summed E-state index contributed by atoms with van der Waals surface area (Å²) in [5, 5.41) is 7.66. The van der Waals surface area contributed by atoms with Crippen molar-refractivity contribution in [3.8, 4) is 0 Å². The van der Waals surface area contributed by atoms with E-state index in [0.29, 0.717) is 22.2 Å². The molecule has 1 aliphatic rings. The number of amides is 2. The Hall–Kier alpha value is -1.80. The molecule has 6 nitrogen and oxygen atoms in total. The maximum absolute atomic E-state index is 12.3. The molecule has 0 saturated heterocycles. The Morgan fingerprint density at radius 3 is 2.17 bits per heavy atom. The lowest BCUT2D eigenvalue weighted by molar-refractivity contribution is 0.0907. The van der Waals surface area contributed by atoms with Gasteiger partial charge in [0, 0.05) is 12.6 Å². The van der Waals surface area contributed by atoms with Crippen LogP contribution in [0.25, 0.3) is 0 Å². The zero-order valence-corrected chi connectivity index (χ0v) is 14.6. The Kier molecular flexibility index (Phi) is 4.72. The number of thiazole rings is 2. The number of aryl methyl sites for hydroxylation is 2. The summed E-state index contributed by atoms with van der Waals surface area (Å²) in [6.07, 6.45) is 5.35. The lowest BCUT2D eigenvalue weighted by Crippen LogP contribution is -2.44. The number of hydrogen-bond acceptors (Lipinski definition) is 6. The maximum Gasteiger partial charge on any atom is 0.263 e. The minimum atomic E-state index is -0.135. The molecular weight excluding hydrogens is 332 g/mol. The molecule has 2 aromatic heterocycles. The van der Waals surface area contributed by atoms with Crippen molar-refractivity contribution < 1.29 is 9.59 Å². The Morgan fingerprint density at radius 1 is 1.13 bits per heavy atom. The van der Waals surface area contributed by atoms with Gasteiger partial charge in [0.25, 0.3) is 11.8 Å². The molecule has 1 saturated carbocycles. The van der Waals surface area contributed by atoms with Crippen molar-refractivity contribution in [2.24, 2.45) is 5.92 Å². The molecule has 0 aliphatic heterocycles. The van der Waals surface area contributed by atoms with Crippen LogP contribution < -0.4 is 10.6 Å². The second-order valence-electron chi connectivity index (χ2n) is 5.61. The monoisotopic (exact) mass is 350 g/mol.